The third-order valence-electron chi connectivity index (χ3n) is 7.53. The fraction of sp³-hybridized carbons (Fsp3) is 0.448. The summed E-state index contributed by atoms with van der Waals surface area (Å²) < 4.78 is 13.1. The number of benzene rings is 1. The van der Waals surface area contributed by atoms with E-state index in [1.807, 2.05) is 66.9 Å². The van der Waals surface area contributed by atoms with E-state index in [0.29, 0.717) is 31.2 Å². The Balaban J connectivity index is 1.48. The van der Waals surface area contributed by atoms with Crippen LogP contribution in [0.5, 0.6) is 5.75 Å². The van der Waals surface area contributed by atoms with Gasteiger partial charge in [0.1, 0.15) is 22.7 Å². The van der Waals surface area contributed by atoms with E-state index in [2.05, 4.69) is 5.32 Å². The molecule has 36 heavy (non-hydrogen) atoms. The van der Waals surface area contributed by atoms with Gasteiger partial charge in [-0.05, 0) is 68.7 Å². The van der Waals surface area contributed by atoms with Gasteiger partial charge in [0.25, 0.3) is 5.91 Å². The van der Waals surface area contributed by atoms with Crippen molar-refractivity contribution in [3.05, 3.63) is 66.1 Å². The molecular formula is C29H35N3O4. The Kier molecular flexibility index (Phi) is 6.90. The summed E-state index contributed by atoms with van der Waals surface area (Å²) in [5.74, 6) is 1.21. The summed E-state index contributed by atoms with van der Waals surface area (Å²) in [5.41, 5.74) is 1.26. The number of nitrogens with one attached hydrogen (secondary N) is 1. The lowest BCUT2D eigenvalue weighted by Crippen LogP contribution is -2.64. The van der Waals surface area contributed by atoms with Gasteiger partial charge in [-0.25, -0.2) is 0 Å². The highest BCUT2D eigenvalue weighted by Crippen LogP contribution is 2.35. The Bertz CT molecular complexity index is 1190. The first kappa shape index (κ1) is 24.2. The second-order valence-electron chi connectivity index (χ2n) is 10.1. The largest absolute Gasteiger partial charge is 0.494 e. The Morgan fingerprint density at radius 2 is 1.78 bits per heavy atom. The highest BCUT2D eigenvalue weighted by molar-refractivity contribution is 6.00. The van der Waals surface area contributed by atoms with Gasteiger partial charge < -0.3 is 23.9 Å². The molecule has 1 N–H and O–H groups in total. The maximum Gasteiger partial charge on any atom is 0.271 e. The van der Waals surface area contributed by atoms with Crippen molar-refractivity contribution in [2.45, 2.75) is 77.0 Å². The Morgan fingerprint density at radius 1 is 1.06 bits per heavy atom. The smallest absolute Gasteiger partial charge is 0.271 e. The van der Waals surface area contributed by atoms with Crippen LogP contribution in [0.1, 0.15) is 68.4 Å². The van der Waals surface area contributed by atoms with Crippen LogP contribution in [0.3, 0.4) is 0 Å². The monoisotopic (exact) mass is 489 g/mol. The Morgan fingerprint density at radius 3 is 2.44 bits per heavy atom. The third-order valence-corrected chi connectivity index (χ3v) is 7.53. The number of hydrogen-bond donors (Lipinski definition) is 1. The minimum atomic E-state index is -1.06. The van der Waals surface area contributed by atoms with E-state index in [1.54, 1.807) is 11.2 Å². The van der Waals surface area contributed by atoms with Crippen LogP contribution in [0.2, 0.25) is 0 Å². The van der Waals surface area contributed by atoms with Gasteiger partial charge in [-0.1, -0.05) is 37.8 Å². The lowest BCUT2D eigenvalue weighted by atomic mass is 9.92. The summed E-state index contributed by atoms with van der Waals surface area (Å²) in [6.07, 6.45) is 8.27. The van der Waals surface area contributed by atoms with Crippen molar-refractivity contribution in [2.75, 3.05) is 6.61 Å². The number of rotatable bonds is 7. The summed E-state index contributed by atoms with van der Waals surface area (Å²) in [5, 5.41) is 3.32. The second-order valence-corrected chi connectivity index (χ2v) is 10.1. The van der Waals surface area contributed by atoms with Crippen molar-refractivity contribution in [1.29, 1.82) is 0 Å². The van der Waals surface area contributed by atoms with Crippen LogP contribution in [0.15, 0.2) is 59.2 Å². The molecule has 1 fully saturated rings. The molecule has 190 valence electrons. The van der Waals surface area contributed by atoms with Crippen LogP contribution in [0.25, 0.3) is 11.5 Å². The number of aromatic nitrogens is 1. The van der Waals surface area contributed by atoms with Gasteiger partial charge in [0.05, 0.1) is 25.1 Å². The SMILES string of the molecule is CCOc1ccc(CN2C(=O)c3ccc(-c4ccco4)n3CC2(C)C(=O)NC2CCCCCC2)cc1. The van der Waals surface area contributed by atoms with Gasteiger partial charge in [0.15, 0.2) is 0 Å². The first-order valence-electron chi connectivity index (χ1n) is 13.1. The van der Waals surface area contributed by atoms with Gasteiger partial charge in [-0.2, -0.15) is 0 Å². The number of nitrogens with zero attached hydrogens (tertiary/aromatic N) is 2. The molecule has 1 aliphatic heterocycles. The van der Waals surface area contributed by atoms with Crippen molar-refractivity contribution < 1.29 is 18.7 Å². The quantitative estimate of drug-likeness (QED) is 0.451. The molecule has 0 spiro atoms. The fourth-order valence-electron chi connectivity index (χ4n) is 5.47. The molecule has 0 radical (unpaired) electrons. The first-order chi connectivity index (χ1) is 17.5. The summed E-state index contributed by atoms with van der Waals surface area (Å²) in [4.78, 5) is 29.6. The molecule has 3 aromatic rings. The van der Waals surface area contributed by atoms with Crippen LogP contribution in [0, 0.1) is 0 Å². The van der Waals surface area contributed by atoms with Crippen LogP contribution in [0.4, 0.5) is 0 Å². The topological polar surface area (TPSA) is 76.7 Å². The molecule has 2 aromatic heterocycles. The predicted molar refractivity (Wildman–Crippen MR) is 138 cm³/mol. The summed E-state index contributed by atoms with van der Waals surface area (Å²) >= 11 is 0. The normalized spacial score (nSPS) is 20.6. The van der Waals surface area contributed by atoms with Crippen LogP contribution in [-0.4, -0.2) is 39.5 Å². The van der Waals surface area contributed by atoms with E-state index in [0.717, 1.165) is 42.7 Å². The standard InChI is InChI=1S/C29H35N3O4/c1-3-35-23-14-12-21(13-15-23)19-32-27(33)25-17-16-24(26-11-8-18-36-26)31(25)20-29(32,2)28(34)30-22-9-6-4-5-7-10-22/h8,11-18,22H,3-7,9-10,19-20H2,1-2H3,(H,30,34). The molecule has 7 nitrogen and oxygen atoms in total. The van der Waals surface area contributed by atoms with Crippen molar-refractivity contribution >= 4 is 11.8 Å². The van der Waals surface area contributed by atoms with Crippen LogP contribution in [-0.2, 0) is 17.9 Å². The molecule has 7 heteroatoms. The second kappa shape index (κ2) is 10.2. The molecule has 1 saturated carbocycles. The van der Waals surface area contributed by atoms with Crippen LogP contribution >= 0.6 is 0 Å². The number of carbonyl (C=O) groups excluding carboxylic acids is 2. The molecule has 1 unspecified atom stereocenters. The Hall–Kier alpha value is -3.48. The van der Waals surface area contributed by atoms with Crippen molar-refractivity contribution in [1.82, 2.24) is 14.8 Å². The van der Waals surface area contributed by atoms with Crippen molar-refractivity contribution in [3.8, 4) is 17.2 Å². The number of fused-ring (bicyclic) bond motifs is 1. The highest BCUT2D eigenvalue weighted by atomic mass is 16.5. The molecule has 2 aliphatic rings. The number of carbonyl (C=O) groups is 2. The van der Waals surface area contributed by atoms with E-state index >= 15 is 0 Å². The van der Waals surface area contributed by atoms with E-state index < -0.39 is 5.54 Å². The molecule has 2 amide bonds. The van der Waals surface area contributed by atoms with Gasteiger partial charge in [-0.15, -0.1) is 0 Å². The van der Waals surface area contributed by atoms with E-state index in [1.165, 1.54) is 12.8 Å². The molecule has 1 atom stereocenters. The maximum atomic E-state index is 14.0. The van der Waals surface area contributed by atoms with E-state index in [-0.39, 0.29) is 17.9 Å². The number of amides is 2. The average molecular weight is 490 g/mol. The minimum absolute atomic E-state index is 0.0987. The van der Waals surface area contributed by atoms with Crippen LogP contribution < -0.4 is 10.1 Å². The van der Waals surface area contributed by atoms with Gasteiger partial charge in [0, 0.05) is 12.6 Å². The fourth-order valence-corrected chi connectivity index (χ4v) is 5.47. The lowest BCUT2D eigenvalue weighted by molar-refractivity contribution is -0.134. The number of hydrogen-bond acceptors (Lipinski definition) is 4. The van der Waals surface area contributed by atoms with E-state index in [9.17, 15) is 9.59 Å². The predicted octanol–water partition coefficient (Wildman–Crippen LogP) is 5.40. The summed E-state index contributed by atoms with van der Waals surface area (Å²) in [6.45, 7) is 5.12. The zero-order valence-electron chi connectivity index (χ0n) is 21.2. The molecule has 1 aromatic carbocycles. The van der Waals surface area contributed by atoms with Gasteiger partial charge >= 0.3 is 0 Å². The zero-order chi connectivity index (χ0) is 25.1. The average Bonchev–Trinajstić information content (AvgIpc) is 3.48. The van der Waals surface area contributed by atoms with E-state index in [4.69, 9.17) is 9.15 Å². The maximum absolute atomic E-state index is 14.0. The first-order valence-corrected chi connectivity index (χ1v) is 13.1. The number of furan rings is 1. The van der Waals surface area contributed by atoms with Crippen molar-refractivity contribution in [3.63, 3.8) is 0 Å². The minimum Gasteiger partial charge on any atom is -0.494 e. The Labute approximate surface area is 212 Å². The van der Waals surface area contributed by atoms with Crippen molar-refractivity contribution in [2.24, 2.45) is 0 Å². The molecule has 0 saturated heterocycles. The number of ether oxygens (including phenoxy) is 1. The molecule has 0 bridgehead atoms. The molecule has 5 rings (SSSR count). The molecular weight excluding hydrogens is 454 g/mol. The van der Waals surface area contributed by atoms with Gasteiger partial charge in [-0.3, -0.25) is 9.59 Å². The summed E-state index contributed by atoms with van der Waals surface area (Å²) in [6, 6.07) is 15.3. The molecule has 1 aliphatic carbocycles. The highest BCUT2D eigenvalue weighted by Gasteiger charge is 2.48. The lowest BCUT2D eigenvalue weighted by Gasteiger charge is -2.45. The third kappa shape index (κ3) is 4.66. The zero-order valence-corrected chi connectivity index (χ0v) is 21.2. The molecule has 3 heterocycles. The summed E-state index contributed by atoms with van der Waals surface area (Å²) in [7, 11) is 0. The van der Waals surface area contributed by atoms with Gasteiger partial charge in [0.2, 0.25) is 5.91 Å².